The minimum Gasteiger partial charge on any atom is -0.374 e. The first-order chi connectivity index (χ1) is 7.40. The third-order valence-corrected chi connectivity index (χ3v) is 2.57. The van der Waals surface area contributed by atoms with E-state index in [1.165, 1.54) is 6.42 Å². The van der Waals surface area contributed by atoms with Crippen LogP contribution in [0.5, 0.6) is 0 Å². The van der Waals surface area contributed by atoms with Crippen LogP contribution in [0.3, 0.4) is 0 Å². The molecule has 15 heavy (non-hydrogen) atoms. The van der Waals surface area contributed by atoms with Crippen LogP contribution in [0.4, 0.5) is 0 Å². The fourth-order valence-electron chi connectivity index (χ4n) is 1.75. The van der Waals surface area contributed by atoms with Crippen molar-refractivity contribution in [3.8, 4) is 0 Å². The van der Waals surface area contributed by atoms with E-state index in [9.17, 15) is 0 Å². The Kier molecular flexibility index (Phi) is 3.69. The Morgan fingerprint density at radius 1 is 1.60 bits per heavy atom. The molecular formula is C10H17N3O2. The number of hydrogen-bond acceptors (Lipinski definition) is 5. The molecule has 84 valence electrons. The zero-order chi connectivity index (χ0) is 10.5. The van der Waals surface area contributed by atoms with Gasteiger partial charge in [-0.3, -0.25) is 0 Å². The number of aromatic nitrogens is 2. The lowest BCUT2D eigenvalue weighted by Gasteiger charge is -2.18. The molecule has 2 heterocycles. The smallest absolute Gasteiger partial charge is 0.231 e. The number of hydrogen-bond donors (Lipinski definition) is 1. The molecular weight excluding hydrogens is 194 g/mol. The normalized spacial score (nSPS) is 21.8. The third kappa shape index (κ3) is 2.76. The lowest BCUT2D eigenvalue weighted by atomic mass is 10.00. The number of nitrogens with zero attached hydrogens (tertiary/aromatic N) is 2. The Morgan fingerprint density at radius 3 is 3.27 bits per heavy atom. The van der Waals surface area contributed by atoms with Crippen molar-refractivity contribution in [1.82, 2.24) is 15.5 Å². The molecule has 0 aromatic carbocycles. The van der Waals surface area contributed by atoms with E-state index in [-0.39, 0.29) is 0 Å². The Bertz CT molecular complexity index is 295. The molecule has 0 saturated carbocycles. The van der Waals surface area contributed by atoms with Gasteiger partial charge < -0.3 is 14.6 Å². The van der Waals surface area contributed by atoms with Gasteiger partial charge in [-0.25, -0.2) is 0 Å². The summed E-state index contributed by atoms with van der Waals surface area (Å²) in [6.07, 6.45) is 2.30. The first-order valence-corrected chi connectivity index (χ1v) is 5.51. The first-order valence-electron chi connectivity index (χ1n) is 5.51. The van der Waals surface area contributed by atoms with E-state index in [1.807, 2.05) is 6.92 Å². The molecule has 1 aliphatic rings. The fraction of sp³-hybridized carbons (Fsp3) is 0.800. The van der Waals surface area contributed by atoms with Crippen LogP contribution in [-0.4, -0.2) is 29.8 Å². The Hall–Kier alpha value is -0.940. The summed E-state index contributed by atoms with van der Waals surface area (Å²) in [5.74, 6) is 1.77. The first kappa shape index (κ1) is 10.6. The third-order valence-electron chi connectivity index (χ3n) is 2.57. The number of nitrogens with one attached hydrogen (secondary N) is 1. The van der Waals surface area contributed by atoms with E-state index < -0.39 is 0 Å². The van der Waals surface area contributed by atoms with Gasteiger partial charge >= 0.3 is 0 Å². The average molecular weight is 211 g/mol. The summed E-state index contributed by atoms with van der Waals surface area (Å²) in [4.78, 5) is 4.33. The van der Waals surface area contributed by atoms with Crippen molar-refractivity contribution in [1.29, 1.82) is 0 Å². The maximum absolute atomic E-state index is 5.22. The minimum atomic E-state index is 0.377. The molecule has 1 aromatic rings. The van der Waals surface area contributed by atoms with E-state index in [0.29, 0.717) is 25.0 Å². The Balaban J connectivity index is 1.93. The minimum absolute atomic E-state index is 0.377. The predicted octanol–water partition coefficient (Wildman–Crippen LogP) is 1.07. The van der Waals surface area contributed by atoms with Gasteiger partial charge in [0.05, 0.1) is 5.92 Å². The molecule has 0 radical (unpaired) electrons. The van der Waals surface area contributed by atoms with Crippen molar-refractivity contribution < 1.29 is 9.26 Å². The van der Waals surface area contributed by atoms with Crippen LogP contribution in [0, 0.1) is 0 Å². The summed E-state index contributed by atoms with van der Waals surface area (Å²) < 4.78 is 10.4. The highest BCUT2D eigenvalue weighted by Crippen LogP contribution is 2.21. The standard InChI is InChI=1S/C10H17N3O2/c1-2-14-7-9-12-10(15-13-9)8-4-3-5-11-6-8/h8,11H,2-7H2,1H3/t8-/m0/s1. The van der Waals surface area contributed by atoms with Crippen molar-refractivity contribution in [3.05, 3.63) is 11.7 Å². The molecule has 5 heteroatoms. The van der Waals surface area contributed by atoms with Crippen molar-refractivity contribution in [3.63, 3.8) is 0 Å². The van der Waals surface area contributed by atoms with Crippen molar-refractivity contribution in [2.75, 3.05) is 19.7 Å². The van der Waals surface area contributed by atoms with Gasteiger partial charge in [0.15, 0.2) is 5.82 Å². The predicted molar refractivity (Wildman–Crippen MR) is 54.5 cm³/mol. The second kappa shape index (κ2) is 5.23. The Morgan fingerprint density at radius 2 is 2.53 bits per heavy atom. The van der Waals surface area contributed by atoms with E-state index in [0.717, 1.165) is 25.4 Å². The largest absolute Gasteiger partial charge is 0.374 e. The summed E-state index contributed by atoms with van der Waals surface area (Å²) in [6, 6.07) is 0. The summed E-state index contributed by atoms with van der Waals surface area (Å²) in [5, 5.41) is 7.22. The molecule has 0 aliphatic carbocycles. The molecule has 2 rings (SSSR count). The van der Waals surface area contributed by atoms with Gasteiger partial charge in [0.25, 0.3) is 0 Å². The van der Waals surface area contributed by atoms with Crippen LogP contribution in [0.2, 0.25) is 0 Å². The van der Waals surface area contributed by atoms with Crippen molar-refractivity contribution >= 4 is 0 Å². The lowest BCUT2D eigenvalue weighted by Crippen LogP contribution is -2.28. The molecule has 0 spiro atoms. The lowest BCUT2D eigenvalue weighted by molar-refractivity contribution is 0.126. The quantitative estimate of drug-likeness (QED) is 0.807. The number of piperidine rings is 1. The zero-order valence-electron chi connectivity index (χ0n) is 9.03. The maximum Gasteiger partial charge on any atom is 0.231 e. The van der Waals surface area contributed by atoms with Crippen molar-refractivity contribution in [2.24, 2.45) is 0 Å². The van der Waals surface area contributed by atoms with E-state index in [2.05, 4.69) is 15.5 Å². The van der Waals surface area contributed by atoms with Crippen LogP contribution < -0.4 is 5.32 Å². The summed E-state index contributed by atoms with van der Waals surface area (Å²) >= 11 is 0. The fourth-order valence-corrected chi connectivity index (χ4v) is 1.75. The molecule has 1 N–H and O–H groups in total. The molecule has 1 aromatic heterocycles. The molecule has 1 atom stereocenters. The molecule has 5 nitrogen and oxygen atoms in total. The highest BCUT2D eigenvalue weighted by atomic mass is 16.5. The number of ether oxygens (including phenoxy) is 1. The van der Waals surface area contributed by atoms with Crippen LogP contribution in [0.15, 0.2) is 4.52 Å². The highest BCUT2D eigenvalue weighted by molar-refractivity contribution is 4.96. The molecule has 1 aliphatic heterocycles. The van der Waals surface area contributed by atoms with E-state index >= 15 is 0 Å². The molecule has 1 fully saturated rings. The van der Waals surface area contributed by atoms with Gasteiger partial charge in [-0.1, -0.05) is 5.16 Å². The van der Waals surface area contributed by atoms with Crippen LogP contribution in [-0.2, 0) is 11.3 Å². The van der Waals surface area contributed by atoms with Gasteiger partial charge in [-0.2, -0.15) is 4.98 Å². The van der Waals surface area contributed by atoms with Gasteiger partial charge in [0.1, 0.15) is 6.61 Å². The topological polar surface area (TPSA) is 60.2 Å². The molecule has 1 saturated heterocycles. The zero-order valence-corrected chi connectivity index (χ0v) is 9.03. The van der Waals surface area contributed by atoms with E-state index in [1.54, 1.807) is 0 Å². The second-order valence-corrected chi connectivity index (χ2v) is 3.73. The summed E-state index contributed by atoms with van der Waals surface area (Å²) in [7, 11) is 0. The average Bonchev–Trinajstić information content (AvgIpc) is 2.76. The summed E-state index contributed by atoms with van der Waals surface area (Å²) in [6.45, 7) is 5.10. The van der Waals surface area contributed by atoms with Gasteiger partial charge in [0.2, 0.25) is 5.89 Å². The van der Waals surface area contributed by atoms with Gasteiger partial charge in [-0.15, -0.1) is 0 Å². The maximum atomic E-state index is 5.22. The van der Waals surface area contributed by atoms with Gasteiger partial charge in [0, 0.05) is 13.2 Å². The molecule has 0 amide bonds. The monoisotopic (exact) mass is 211 g/mol. The number of rotatable bonds is 4. The van der Waals surface area contributed by atoms with Crippen LogP contribution in [0.25, 0.3) is 0 Å². The van der Waals surface area contributed by atoms with E-state index in [4.69, 9.17) is 9.26 Å². The second-order valence-electron chi connectivity index (χ2n) is 3.73. The van der Waals surface area contributed by atoms with Gasteiger partial charge in [-0.05, 0) is 26.3 Å². The molecule has 0 bridgehead atoms. The molecule has 0 unspecified atom stereocenters. The SMILES string of the molecule is CCOCc1noc([C@H]2CCCNC2)n1. The van der Waals surface area contributed by atoms with Crippen LogP contribution >= 0.6 is 0 Å². The van der Waals surface area contributed by atoms with Crippen LogP contribution in [0.1, 0.15) is 37.4 Å². The van der Waals surface area contributed by atoms with Crippen molar-refractivity contribution in [2.45, 2.75) is 32.3 Å². The summed E-state index contributed by atoms with van der Waals surface area (Å²) in [5.41, 5.74) is 0. The Labute approximate surface area is 89.2 Å². The highest BCUT2D eigenvalue weighted by Gasteiger charge is 2.21.